The smallest absolute Gasteiger partial charge is 0.119 e. The van der Waals surface area contributed by atoms with Crippen LogP contribution in [0, 0.1) is 0 Å². The highest BCUT2D eigenvalue weighted by Gasteiger charge is 2.16. The number of hydrogen-bond donors (Lipinski definition) is 2. The zero-order valence-corrected chi connectivity index (χ0v) is 13.0. The molecule has 2 rings (SSSR count). The summed E-state index contributed by atoms with van der Waals surface area (Å²) in [4.78, 5) is 2.53. The number of rotatable bonds is 8. The largest absolute Gasteiger partial charge is 0.491 e. The number of benzene rings is 1. The predicted molar refractivity (Wildman–Crippen MR) is 85.7 cm³/mol. The van der Waals surface area contributed by atoms with Gasteiger partial charge in [-0.3, -0.25) is 4.90 Å². The molecule has 2 atom stereocenters. The molecule has 118 valence electrons. The molecule has 0 bridgehead atoms. The summed E-state index contributed by atoms with van der Waals surface area (Å²) in [5, 5.41) is 13.3. The Hall–Kier alpha value is -1.10. The first-order valence-corrected chi connectivity index (χ1v) is 8.06. The van der Waals surface area contributed by atoms with Gasteiger partial charge in [0.15, 0.2) is 0 Å². The van der Waals surface area contributed by atoms with Gasteiger partial charge in [0.25, 0.3) is 0 Å². The summed E-state index contributed by atoms with van der Waals surface area (Å²) in [6.07, 6.45) is 3.53. The van der Waals surface area contributed by atoms with Crippen LogP contribution < -0.4 is 10.1 Å². The zero-order chi connectivity index (χ0) is 14.9. The van der Waals surface area contributed by atoms with E-state index >= 15 is 0 Å². The van der Waals surface area contributed by atoms with Crippen molar-refractivity contribution in [2.75, 3.05) is 32.8 Å². The van der Waals surface area contributed by atoms with E-state index in [0.29, 0.717) is 19.2 Å². The molecule has 21 heavy (non-hydrogen) atoms. The average Bonchev–Trinajstić information content (AvgIpc) is 2.54. The van der Waals surface area contributed by atoms with E-state index < -0.39 is 6.10 Å². The van der Waals surface area contributed by atoms with Crippen LogP contribution in [0.2, 0.25) is 0 Å². The van der Waals surface area contributed by atoms with Gasteiger partial charge in [-0.15, -0.1) is 0 Å². The molecule has 0 aliphatic carbocycles. The van der Waals surface area contributed by atoms with Crippen LogP contribution in [0.4, 0.5) is 0 Å². The Labute approximate surface area is 128 Å². The van der Waals surface area contributed by atoms with E-state index in [4.69, 9.17) is 4.74 Å². The summed E-state index contributed by atoms with van der Waals surface area (Å²) in [6.45, 7) is 6.50. The minimum absolute atomic E-state index is 0.328. The third-order valence-corrected chi connectivity index (χ3v) is 4.02. The van der Waals surface area contributed by atoms with Crippen molar-refractivity contribution in [3.05, 3.63) is 30.3 Å². The van der Waals surface area contributed by atoms with Crippen LogP contribution in [-0.2, 0) is 0 Å². The SMILES string of the molecule is CC(CNCC(O)COc1ccccc1)N1CCCCC1. The number of nitrogens with zero attached hydrogens (tertiary/aromatic N) is 1. The molecule has 2 unspecified atom stereocenters. The van der Waals surface area contributed by atoms with Crippen LogP contribution >= 0.6 is 0 Å². The van der Waals surface area contributed by atoms with Gasteiger partial charge in [0.1, 0.15) is 18.5 Å². The molecule has 0 amide bonds. The van der Waals surface area contributed by atoms with Crippen LogP contribution in [0.15, 0.2) is 30.3 Å². The summed E-state index contributed by atoms with van der Waals surface area (Å²) >= 11 is 0. The molecule has 0 aromatic heterocycles. The lowest BCUT2D eigenvalue weighted by molar-refractivity contribution is 0.102. The summed E-state index contributed by atoms with van der Waals surface area (Å²) in [5.41, 5.74) is 0. The first-order chi connectivity index (χ1) is 10.3. The Morgan fingerprint density at radius 3 is 2.57 bits per heavy atom. The van der Waals surface area contributed by atoms with Crippen molar-refractivity contribution in [1.29, 1.82) is 0 Å². The Balaban J connectivity index is 1.57. The van der Waals surface area contributed by atoms with Crippen molar-refractivity contribution in [2.24, 2.45) is 0 Å². The molecule has 4 heteroatoms. The highest BCUT2D eigenvalue weighted by molar-refractivity contribution is 5.20. The Morgan fingerprint density at radius 2 is 1.86 bits per heavy atom. The van der Waals surface area contributed by atoms with Crippen LogP contribution in [0.1, 0.15) is 26.2 Å². The van der Waals surface area contributed by atoms with E-state index in [2.05, 4.69) is 17.1 Å². The lowest BCUT2D eigenvalue weighted by Crippen LogP contribution is -2.44. The van der Waals surface area contributed by atoms with Gasteiger partial charge in [-0.25, -0.2) is 0 Å². The topological polar surface area (TPSA) is 44.7 Å². The summed E-state index contributed by atoms with van der Waals surface area (Å²) in [5.74, 6) is 0.804. The standard InChI is InChI=1S/C17H28N2O2/c1-15(19-10-6-3-7-11-19)12-18-13-16(20)14-21-17-8-4-2-5-9-17/h2,4-5,8-9,15-16,18,20H,3,6-7,10-14H2,1H3. The zero-order valence-electron chi connectivity index (χ0n) is 13.0. The number of likely N-dealkylation sites (tertiary alicyclic amines) is 1. The van der Waals surface area contributed by atoms with E-state index in [-0.39, 0.29) is 0 Å². The first kappa shape index (κ1) is 16.3. The molecule has 0 radical (unpaired) electrons. The number of hydrogen-bond acceptors (Lipinski definition) is 4. The third-order valence-electron chi connectivity index (χ3n) is 4.02. The van der Waals surface area contributed by atoms with Gasteiger partial charge < -0.3 is 15.2 Å². The van der Waals surface area contributed by atoms with Gasteiger partial charge in [-0.2, -0.15) is 0 Å². The highest BCUT2D eigenvalue weighted by Crippen LogP contribution is 2.11. The van der Waals surface area contributed by atoms with Crippen molar-refractivity contribution < 1.29 is 9.84 Å². The van der Waals surface area contributed by atoms with Crippen LogP contribution in [0.5, 0.6) is 5.75 Å². The molecule has 1 aliphatic heterocycles. The minimum atomic E-state index is -0.473. The molecule has 1 aromatic rings. The van der Waals surface area contributed by atoms with E-state index in [0.717, 1.165) is 12.3 Å². The average molecular weight is 292 g/mol. The van der Waals surface area contributed by atoms with Gasteiger partial charge in [-0.05, 0) is 45.0 Å². The molecule has 2 N–H and O–H groups in total. The maximum absolute atomic E-state index is 9.93. The first-order valence-electron chi connectivity index (χ1n) is 8.06. The summed E-state index contributed by atoms with van der Waals surface area (Å²) in [7, 11) is 0. The molecular formula is C17H28N2O2. The van der Waals surface area contributed by atoms with Crippen molar-refractivity contribution in [3.8, 4) is 5.75 Å². The van der Waals surface area contributed by atoms with Crippen molar-refractivity contribution in [2.45, 2.75) is 38.3 Å². The lowest BCUT2D eigenvalue weighted by Gasteiger charge is -2.32. The molecule has 0 saturated carbocycles. The minimum Gasteiger partial charge on any atom is -0.491 e. The number of aliphatic hydroxyl groups is 1. The third kappa shape index (κ3) is 6.04. The fraction of sp³-hybridized carbons (Fsp3) is 0.647. The van der Waals surface area contributed by atoms with Crippen molar-refractivity contribution in [3.63, 3.8) is 0 Å². The monoisotopic (exact) mass is 292 g/mol. The maximum atomic E-state index is 9.93. The van der Waals surface area contributed by atoms with Gasteiger partial charge >= 0.3 is 0 Å². The van der Waals surface area contributed by atoms with Gasteiger partial charge in [-0.1, -0.05) is 24.6 Å². The number of ether oxygens (including phenoxy) is 1. The molecule has 1 aliphatic rings. The Kier molecular flexibility index (Phi) is 7.00. The van der Waals surface area contributed by atoms with E-state index in [1.807, 2.05) is 30.3 Å². The fourth-order valence-corrected chi connectivity index (χ4v) is 2.72. The van der Waals surface area contributed by atoms with Crippen molar-refractivity contribution in [1.82, 2.24) is 10.2 Å². The summed E-state index contributed by atoms with van der Waals surface area (Å²) in [6, 6.07) is 10.2. The van der Waals surface area contributed by atoms with E-state index in [9.17, 15) is 5.11 Å². The lowest BCUT2D eigenvalue weighted by atomic mass is 10.1. The second-order valence-corrected chi connectivity index (χ2v) is 5.88. The number of aliphatic hydroxyl groups excluding tert-OH is 1. The van der Waals surface area contributed by atoms with Crippen molar-refractivity contribution >= 4 is 0 Å². The maximum Gasteiger partial charge on any atom is 0.119 e. The quantitative estimate of drug-likeness (QED) is 0.768. The van der Waals surface area contributed by atoms with Crippen LogP contribution in [0.25, 0.3) is 0 Å². The van der Waals surface area contributed by atoms with E-state index in [1.54, 1.807) is 0 Å². The van der Waals surface area contributed by atoms with Gasteiger partial charge in [0, 0.05) is 19.1 Å². The molecule has 4 nitrogen and oxygen atoms in total. The Bertz CT molecular complexity index is 380. The molecule has 0 spiro atoms. The van der Waals surface area contributed by atoms with Gasteiger partial charge in [0.2, 0.25) is 0 Å². The highest BCUT2D eigenvalue weighted by atomic mass is 16.5. The molecular weight excluding hydrogens is 264 g/mol. The molecule has 1 fully saturated rings. The molecule has 1 aromatic carbocycles. The number of nitrogens with one attached hydrogen (secondary N) is 1. The fourth-order valence-electron chi connectivity index (χ4n) is 2.72. The van der Waals surface area contributed by atoms with Crippen LogP contribution in [-0.4, -0.2) is 54.9 Å². The second kappa shape index (κ2) is 9.03. The summed E-state index contributed by atoms with van der Waals surface area (Å²) < 4.78 is 5.54. The molecule has 1 heterocycles. The number of piperidine rings is 1. The Morgan fingerprint density at radius 1 is 1.14 bits per heavy atom. The second-order valence-electron chi connectivity index (χ2n) is 5.88. The van der Waals surface area contributed by atoms with Crippen LogP contribution in [0.3, 0.4) is 0 Å². The predicted octanol–water partition coefficient (Wildman–Crippen LogP) is 1.89. The van der Waals surface area contributed by atoms with E-state index in [1.165, 1.54) is 32.4 Å². The van der Waals surface area contributed by atoms with Gasteiger partial charge in [0.05, 0.1) is 0 Å². The normalized spacial score (nSPS) is 19.1. The number of para-hydroxylation sites is 1. The molecule has 1 saturated heterocycles.